The lowest BCUT2D eigenvalue weighted by Gasteiger charge is -2.30. The van der Waals surface area contributed by atoms with Crippen molar-refractivity contribution < 1.29 is 4.74 Å². The lowest BCUT2D eigenvalue weighted by atomic mass is 9.89. The van der Waals surface area contributed by atoms with Crippen LogP contribution in [0.5, 0.6) is 11.5 Å². The summed E-state index contributed by atoms with van der Waals surface area (Å²) in [7, 11) is 0. The molecule has 2 atom stereocenters. The number of hydrogen-bond acceptors (Lipinski definition) is 9. The van der Waals surface area contributed by atoms with E-state index in [9.17, 15) is 0 Å². The molecule has 33 heavy (non-hydrogen) atoms. The number of rotatable bonds is 4. The van der Waals surface area contributed by atoms with Crippen molar-refractivity contribution in [2.45, 2.75) is 23.4 Å². The normalized spacial score (nSPS) is 23.1. The zero-order chi connectivity index (χ0) is 24.0. The maximum atomic E-state index is 6.38. The minimum Gasteiger partial charge on any atom is -0.452 e. The van der Waals surface area contributed by atoms with E-state index < -0.39 is 23.4 Å². The molecule has 2 aliphatic carbocycles. The molecule has 16 N–H and O–H groups in total. The van der Waals surface area contributed by atoms with Gasteiger partial charge in [-0.15, -0.1) is 0 Å². The minimum atomic E-state index is -1.14. The van der Waals surface area contributed by atoms with Crippen LogP contribution in [0.2, 0.25) is 0 Å². The third-order valence-electron chi connectivity index (χ3n) is 5.89. The SMILES string of the molecule is Nc1cccc(C2=CC(N)C(N)(N)C=C2)c1Oc1c(N)cccc1C1=CC(N)C(N)(N)C=C1. The van der Waals surface area contributed by atoms with Crippen molar-refractivity contribution in [3.05, 3.63) is 84.0 Å². The second kappa shape index (κ2) is 8.16. The van der Waals surface area contributed by atoms with Crippen molar-refractivity contribution in [2.75, 3.05) is 11.5 Å². The molecule has 9 heteroatoms. The van der Waals surface area contributed by atoms with E-state index in [-0.39, 0.29) is 0 Å². The summed E-state index contributed by atoms with van der Waals surface area (Å²) in [4.78, 5) is 0. The average molecular weight is 447 g/mol. The quantitative estimate of drug-likeness (QED) is 0.241. The van der Waals surface area contributed by atoms with Crippen LogP contribution >= 0.6 is 0 Å². The Morgan fingerprint density at radius 1 is 0.636 bits per heavy atom. The Balaban J connectivity index is 1.78. The average Bonchev–Trinajstić information content (AvgIpc) is 2.75. The molecule has 0 aliphatic heterocycles. The molecule has 0 radical (unpaired) electrons. The van der Waals surface area contributed by atoms with Crippen LogP contribution in [-0.2, 0) is 0 Å². The van der Waals surface area contributed by atoms with Crippen molar-refractivity contribution >= 4 is 22.5 Å². The Morgan fingerprint density at radius 3 is 1.39 bits per heavy atom. The number of anilines is 2. The number of ether oxygens (including phenoxy) is 1. The molecule has 0 fully saturated rings. The Morgan fingerprint density at radius 2 is 1.03 bits per heavy atom. The van der Waals surface area contributed by atoms with Crippen molar-refractivity contribution in [1.29, 1.82) is 0 Å². The second-order valence-corrected chi connectivity index (χ2v) is 8.51. The molecule has 2 aliphatic rings. The molecular weight excluding hydrogens is 416 g/mol. The predicted octanol–water partition coefficient (Wildman–Crippen LogP) is 0.432. The fourth-order valence-corrected chi connectivity index (χ4v) is 3.73. The van der Waals surface area contributed by atoms with Gasteiger partial charge in [0.25, 0.3) is 0 Å². The van der Waals surface area contributed by atoms with E-state index in [1.165, 1.54) is 0 Å². The first-order chi connectivity index (χ1) is 15.5. The number of allylic oxidation sites excluding steroid dienone is 4. The topological polar surface area (TPSA) is 217 Å². The van der Waals surface area contributed by atoms with E-state index in [4.69, 9.17) is 50.6 Å². The van der Waals surface area contributed by atoms with Crippen LogP contribution in [0, 0.1) is 0 Å². The second-order valence-electron chi connectivity index (χ2n) is 8.51. The van der Waals surface area contributed by atoms with Gasteiger partial charge in [-0.25, -0.2) is 0 Å². The van der Waals surface area contributed by atoms with E-state index in [1.807, 2.05) is 24.3 Å². The molecule has 0 aromatic heterocycles. The maximum Gasteiger partial charge on any atom is 0.158 e. The number of nitrogen functional groups attached to an aromatic ring is 2. The third-order valence-corrected chi connectivity index (χ3v) is 5.89. The van der Waals surface area contributed by atoms with Gasteiger partial charge in [-0.2, -0.15) is 0 Å². The highest BCUT2D eigenvalue weighted by Gasteiger charge is 2.29. The highest BCUT2D eigenvalue weighted by atomic mass is 16.5. The molecule has 0 saturated carbocycles. The van der Waals surface area contributed by atoms with Crippen LogP contribution in [0.15, 0.2) is 72.9 Å². The Labute approximate surface area is 192 Å². The van der Waals surface area contributed by atoms with Crippen LogP contribution in [0.25, 0.3) is 11.1 Å². The van der Waals surface area contributed by atoms with Crippen molar-refractivity contribution in [3.8, 4) is 11.5 Å². The predicted molar refractivity (Wildman–Crippen MR) is 134 cm³/mol. The smallest absolute Gasteiger partial charge is 0.158 e. The number of nitrogens with two attached hydrogens (primary N) is 8. The van der Waals surface area contributed by atoms with E-state index in [0.717, 1.165) is 22.3 Å². The van der Waals surface area contributed by atoms with Gasteiger partial charge in [-0.05, 0) is 35.4 Å². The number of benzene rings is 2. The number of hydrogen-bond donors (Lipinski definition) is 8. The molecule has 2 aromatic carbocycles. The summed E-state index contributed by atoms with van der Waals surface area (Å²) in [6.45, 7) is 0. The molecule has 2 aromatic rings. The van der Waals surface area contributed by atoms with Gasteiger partial charge >= 0.3 is 0 Å². The molecular formula is C24H30N8O. The lowest BCUT2D eigenvalue weighted by Crippen LogP contribution is -2.61. The Kier molecular flexibility index (Phi) is 5.62. The molecule has 4 rings (SSSR count). The zero-order valence-electron chi connectivity index (χ0n) is 18.1. The van der Waals surface area contributed by atoms with E-state index in [1.54, 1.807) is 48.6 Å². The minimum absolute atomic E-state index is 0.426. The van der Waals surface area contributed by atoms with Crippen molar-refractivity contribution in [2.24, 2.45) is 34.4 Å². The zero-order valence-corrected chi connectivity index (χ0v) is 18.1. The van der Waals surface area contributed by atoms with Crippen LogP contribution in [0.3, 0.4) is 0 Å². The summed E-state index contributed by atoms with van der Waals surface area (Å²) in [5.41, 5.74) is 50.6. The molecule has 9 nitrogen and oxygen atoms in total. The Hall–Kier alpha value is -3.44. The van der Waals surface area contributed by atoms with Crippen molar-refractivity contribution in [3.63, 3.8) is 0 Å². The highest BCUT2D eigenvalue weighted by molar-refractivity contribution is 5.86. The van der Waals surface area contributed by atoms with Gasteiger partial charge in [0, 0.05) is 11.1 Å². The van der Waals surface area contributed by atoms with Crippen molar-refractivity contribution in [1.82, 2.24) is 0 Å². The van der Waals surface area contributed by atoms with E-state index in [0.29, 0.717) is 22.9 Å². The standard InChI is InChI=1S/C24H30N8O/c25-17-5-1-3-15(13-7-9-23(29,30)19(27)11-13)21(17)33-22-16(4-2-6-18(22)26)14-8-10-24(31,32)20(28)12-14/h1-12,19-20H,25-32H2. The number of para-hydroxylation sites is 2. The van der Waals surface area contributed by atoms with Gasteiger partial charge in [0.15, 0.2) is 11.5 Å². The summed E-state index contributed by atoms with van der Waals surface area (Å²) >= 11 is 0. The first-order valence-corrected chi connectivity index (χ1v) is 10.4. The molecule has 172 valence electrons. The van der Waals surface area contributed by atoms with E-state index in [2.05, 4.69) is 0 Å². The lowest BCUT2D eigenvalue weighted by molar-refractivity contribution is 0.480. The highest BCUT2D eigenvalue weighted by Crippen LogP contribution is 2.42. The first kappa shape index (κ1) is 22.7. The van der Waals surface area contributed by atoms with Crippen LogP contribution in [0.4, 0.5) is 11.4 Å². The van der Waals surface area contributed by atoms with Gasteiger partial charge in [-0.1, -0.05) is 48.6 Å². The van der Waals surface area contributed by atoms with Gasteiger partial charge in [0.2, 0.25) is 0 Å². The van der Waals surface area contributed by atoms with Gasteiger partial charge in [0.1, 0.15) is 11.3 Å². The first-order valence-electron chi connectivity index (χ1n) is 10.4. The van der Waals surface area contributed by atoms with Crippen LogP contribution < -0.4 is 50.6 Å². The van der Waals surface area contributed by atoms with Gasteiger partial charge < -0.3 is 50.6 Å². The summed E-state index contributed by atoms with van der Waals surface area (Å²) in [6, 6.07) is 9.72. The molecule has 2 unspecified atom stereocenters. The molecule has 0 bridgehead atoms. The largest absolute Gasteiger partial charge is 0.452 e. The molecule has 0 saturated heterocycles. The fraction of sp³-hybridized carbons (Fsp3) is 0.167. The molecule has 0 heterocycles. The Bertz CT molecular complexity index is 1120. The third kappa shape index (κ3) is 4.29. The summed E-state index contributed by atoms with van der Waals surface area (Å²) in [5.74, 6) is 0.857. The maximum absolute atomic E-state index is 6.38. The molecule has 0 amide bonds. The van der Waals surface area contributed by atoms with Crippen LogP contribution in [-0.4, -0.2) is 23.4 Å². The summed E-state index contributed by atoms with van der Waals surface area (Å²) in [6.07, 6.45) is 10.5. The fourth-order valence-electron chi connectivity index (χ4n) is 3.73. The van der Waals surface area contributed by atoms with E-state index >= 15 is 0 Å². The van der Waals surface area contributed by atoms with Gasteiger partial charge in [-0.3, -0.25) is 0 Å². The monoisotopic (exact) mass is 446 g/mol. The summed E-state index contributed by atoms with van der Waals surface area (Å²) in [5, 5.41) is 0. The van der Waals surface area contributed by atoms with Crippen LogP contribution in [0.1, 0.15) is 11.1 Å². The molecule has 0 spiro atoms. The summed E-state index contributed by atoms with van der Waals surface area (Å²) < 4.78 is 6.38. The van der Waals surface area contributed by atoms with Gasteiger partial charge in [0.05, 0.1) is 23.5 Å².